The molecule has 0 spiro atoms. The Labute approximate surface area is 81.3 Å². The first kappa shape index (κ1) is 10.7. The van der Waals surface area contributed by atoms with Crippen molar-refractivity contribution in [1.82, 2.24) is 4.90 Å². The lowest BCUT2D eigenvalue weighted by Gasteiger charge is -2.42. The van der Waals surface area contributed by atoms with Crippen LogP contribution in [0.1, 0.15) is 45.4 Å². The summed E-state index contributed by atoms with van der Waals surface area (Å²) in [5.41, 5.74) is 0.185. The molecule has 1 aliphatic rings. The van der Waals surface area contributed by atoms with E-state index < -0.39 is 0 Å². The van der Waals surface area contributed by atoms with Gasteiger partial charge in [0, 0.05) is 12.0 Å². The molecule has 2 heteroatoms. The van der Waals surface area contributed by atoms with E-state index in [1.165, 1.54) is 32.1 Å². The van der Waals surface area contributed by atoms with E-state index in [-0.39, 0.29) is 5.54 Å². The largest absolute Gasteiger partial charge is 0.303 e. The number of carbonyl (C=O) groups is 1. The molecular formula is C11H21NO. The summed E-state index contributed by atoms with van der Waals surface area (Å²) in [6.07, 6.45) is 7.03. The maximum absolute atomic E-state index is 11.2. The molecule has 1 rings (SSSR count). The normalized spacial score (nSPS) is 21.8. The molecule has 0 radical (unpaired) electrons. The highest BCUT2D eigenvalue weighted by Gasteiger charge is 2.34. The van der Waals surface area contributed by atoms with Crippen LogP contribution in [-0.4, -0.2) is 30.3 Å². The molecule has 1 fully saturated rings. The molecule has 13 heavy (non-hydrogen) atoms. The maximum Gasteiger partial charge on any atom is 0.131 e. The molecule has 0 aliphatic heterocycles. The molecule has 0 aromatic carbocycles. The van der Waals surface area contributed by atoms with Crippen molar-refractivity contribution in [2.45, 2.75) is 51.0 Å². The van der Waals surface area contributed by atoms with Crippen LogP contribution in [0.3, 0.4) is 0 Å². The van der Waals surface area contributed by atoms with Gasteiger partial charge in [0.05, 0.1) is 0 Å². The molecule has 0 bridgehead atoms. The molecule has 0 unspecified atom stereocenters. The fourth-order valence-corrected chi connectivity index (χ4v) is 2.46. The zero-order valence-corrected chi connectivity index (χ0v) is 9.10. The Morgan fingerprint density at radius 1 is 1.23 bits per heavy atom. The van der Waals surface area contributed by atoms with Gasteiger partial charge < -0.3 is 4.90 Å². The molecule has 0 N–H and O–H groups in total. The lowest BCUT2D eigenvalue weighted by atomic mass is 9.77. The molecule has 1 saturated carbocycles. The molecule has 76 valence electrons. The summed E-state index contributed by atoms with van der Waals surface area (Å²) >= 11 is 0. The van der Waals surface area contributed by atoms with Gasteiger partial charge in [0.15, 0.2) is 0 Å². The van der Waals surface area contributed by atoms with Crippen LogP contribution >= 0.6 is 0 Å². The average molecular weight is 183 g/mol. The minimum absolute atomic E-state index is 0.185. The van der Waals surface area contributed by atoms with Crippen molar-refractivity contribution in [3.8, 4) is 0 Å². The van der Waals surface area contributed by atoms with Crippen LogP contribution in [-0.2, 0) is 4.79 Å². The van der Waals surface area contributed by atoms with Crippen LogP contribution in [0, 0.1) is 0 Å². The van der Waals surface area contributed by atoms with Gasteiger partial charge in [0.25, 0.3) is 0 Å². The van der Waals surface area contributed by atoms with E-state index in [9.17, 15) is 4.79 Å². The SMILES string of the molecule is CC(=O)CC1(N(C)C)CCCCC1. The Bertz CT molecular complexity index is 181. The summed E-state index contributed by atoms with van der Waals surface area (Å²) < 4.78 is 0. The van der Waals surface area contributed by atoms with E-state index in [1.807, 2.05) is 0 Å². The van der Waals surface area contributed by atoms with E-state index in [1.54, 1.807) is 6.92 Å². The minimum atomic E-state index is 0.185. The molecule has 0 amide bonds. The van der Waals surface area contributed by atoms with Gasteiger partial charge in [-0.1, -0.05) is 19.3 Å². The Morgan fingerprint density at radius 2 is 1.77 bits per heavy atom. The third-order valence-corrected chi connectivity index (χ3v) is 3.31. The fraction of sp³-hybridized carbons (Fsp3) is 0.909. The zero-order chi connectivity index (χ0) is 9.90. The molecule has 0 saturated heterocycles. The Kier molecular flexibility index (Phi) is 3.48. The second kappa shape index (κ2) is 4.23. The number of nitrogens with zero attached hydrogens (tertiary/aromatic N) is 1. The second-order valence-electron chi connectivity index (χ2n) is 4.56. The van der Waals surface area contributed by atoms with Crippen molar-refractivity contribution in [1.29, 1.82) is 0 Å². The summed E-state index contributed by atoms with van der Waals surface area (Å²) in [5.74, 6) is 0.329. The van der Waals surface area contributed by atoms with E-state index in [2.05, 4.69) is 19.0 Å². The number of rotatable bonds is 3. The maximum atomic E-state index is 11.2. The molecular weight excluding hydrogens is 162 g/mol. The zero-order valence-electron chi connectivity index (χ0n) is 9.10. The van der Waals surface area contributed by atoms with Crippen molar-refractivity contribution in [2.75, 3.05) is 14.1 Å². The minimum Gasteiger partial charge on any atom is -0.303 e. The number of carbonyl (C=O) groups excluding carboxylic acids is 1. The van der Waals surface area contributed by atoms with Crippen LogP contribution in [0.5, 0.6) is 0 Å². The predicted octanol–water partition coefficient (Wildman–Crippen LogP) is 2.23. The Morgan fingerprint density at radius 3 is 2.15 bits per heavy atom. The fourth-order valence-electron chi connectivity index (χ4n) is 2.46. The molecule has 1 aliphatic carbocycles. The quantitative estimate of drug-likeness (QED) is 0.668. The van der Waals surface area contributed by atoms with Gasteiger partial charge in [-0.25, -0.2) is 0 Å². The lowest BCUT2D eigenvalue weighted by molar-refractivity contribution is -0.120. The first-order valence-corrected chi connectivity index (χ1v) is 5.24. The van der Waals surface area contributed by atoms with Crippen molar-refractivity contribution in [3.63, 3.8) is 0 Å². The molecule has 0 heterocycles. The van der Waals surface area contributed by atoms with Gasteiger partial charge in [-0.05, 0) is 33.9 Å². The molecule has 0 aromatic heterocycles. The predicted molar refractivity (Wildman–Crippen MR) is 54.8 cm³/mol. The van der Waals surface area contributed by atoms with Crippen LogP contribution in [0.15, 0.2) is 0 Å². The van der Waals surface area contributed by atoms with Crippen LogP contribution in [0.2, 0.25) is 0 Å². The smallest absolute Gasteiger partial charge is 0.131 e. The topological polar surface area (TPSA) is 20.3 Å². The highest BCUT2D eigenvalue weighted by atomic mass is 16.1. The third-order valence-electron chi connectivity index (χ3n) is 3.31. The first-order chi connectivity index (χ1) is 6.07. The van der Waals surface area contributed by atoms with Gasteiger partial charge >= 0.3 is 0 Å². The monoisotopic (exact) mass is 183 g/mol. The standard InChI is InChI=1S/C11H21NO/c1-10(13)9-11(12(2)3)7-5-4-6-8-11/h4-9H2,1-3H3. The lowest BCUT2D eigenvalue weighted by Crippen LogP contribution is -2.47. The van der Waals surface area contributed by atoms with E-state index >= 15 is 0 Å². The summed E-state index contributed by atoms with van der Waals surface area (Å²) in [6, 6.07) is 0. The average Bonchev–Trinajstić information content (AvgIpc) is 2.04. The van der Waals surface area contributed by atoms with Crippen LogP contribution in [0.4, 0.5) is 0 Å². The third kappa shape index (κ3) is 2.53. The summed E-state index contributed by atoms with van der Waals surface area (Å²) in [6.45, 7) is 1.71. The number of hydrogen-bond donors (Lipinski definition) is 0. The number of ketones is 1. The van der Waals surface area contributed by atoms with Crippen LogP contribution in [0.25, 0.3) is 0 Å². The van der Waals surface area contributed by atoms with Gasteiger partial charge in [-0.2, -0.15) is 0 Å². The highest BCUT2D eigenvalue weighted by Crippen LogP contribution is 2.34. The molecule has 0 atom stereocenters. The van der Waals surface area contributed by atoms with Gasteiger partial charge in [-0.3, -0.25) is 4.79 Å². The van der Waals surface area contributed by atoms with Gasteiger partial charge in [0.1, 0.15) is 5.78 Å². The number of hydrogen-bond acceptors (Lipinski definition) is 2. The summed E-state index contributed by atoms with van der Waals surface area (Å²) in [7, 11) is 4.21. The Hall–Kier alpha value is -0.370. The molecule has 2 nitrogen and oxygen atoms in total. The van der Waals surface area contributed by atoms with Crippen LogP contribution < -0.4 is 0 Å². The van der Waals surface area contributed by atoms with E-state index in [0.717, 1.165) is 6.42 Å². The van der Waals surface area contributed by atoms with Crippen molar-refractivity contribution >= 4 is 5.78 Å². The Balaban J connectivity index is 2.67. The van der Waals surface area contributed by atoms with Gasteiger partial charge in [0.2, 0.25) is 0 Å². The van der Waals surface area contributed by atoms with Crippen molar-refractivity contribution in [2.24, 2.45) is 0 Å². The highest BCUT2D eigenvalue weighted by molar-refractivity contribution is 5.76. The summed E-state index contributed by atoms with van der Waals surface area (Å²) in [4.78, 5) is 13.5. The summed E-state index contributed by atoms with van der Waals surface area (Å²) in [5, 5.41) is 0. The van der Waals surface area contributed by atoms with Crippen molar-refractivity contribution in [3.05, 3.63) is 0 Å². The molecule has 0 aromatic rings. The van der Waals surface area contributed by atoms with E-state index in [4.69, 9.17) is 0 Å². The first-order valence-electron chi connectivity index (χ1n) is 5.24. The second-order valence-corrected chi connectivity index (χ2v) is 4.56. The van der Waals surface area contributed by atoms with Gasteiger partial charge in [-0.15, -0.1) is 0 Å². The van der Waals surface area contributed by atoms with Crippen molar-refractivity contribution < 1.29 is 4.79 Å². The number of Topliss-reactive ketones (excluding diaryl/α,β-unsaturated/α-hetero) is 1. The van der Waals surface area contributed by atoms with E-state index in [0.29, 0.717) is 5.78 Å².